The van der Waals surface area contributed by atoms with Crippen molar-refractivity contribution in [1.29, 1.82) is 5.26 Å². The number of pyridine rings is 1. The van der Waals surface area contributed by atoms with Gasteiger partial charge in [-0.25, -0.2) is 4.98 Å². The molecule has 0 spiro atoms. The molecule has 31 heavy (non-hydrogen) atoms. The first-order chi connectivity index (χ1) is 15.0. The van der Waals surface area contributed by atoms with Gasteiger partial charge in [0.05, 0.1) is 24.2 Å². The van der Waals surface area contributed by atoms with E-state index in [1.807, 2.05) is 25.3 Å². The van der Waals surface area contributed by atoms with Gasteiger partial charge in [-0.3, -0.25) is 0 Å². The van der Waals surface area contributed by atoms with E-state index in [-0.39, 0.29) is 6.04 Å². The van der Waals surface area contributed by atoms with Crippen molar-refractivity contribution in [1.82, 2.24) is 20.5 Å². The molecule has 2 aliphatic rings. The lowest BCUT2D eigenvalue weighted by Crippen LogP contribution is -2.43. The normalized spacial score (nSPS) is 20.8. The van der Waals surface area contributed by atoms with Gasteiger partial charge in [0.1, 0.15) is 5.82 Å². The summed E-state index contributed by atoms with van der Waals surface area (Å²) in [5.74, 6) is 1.78. The van der Waals surface area contributed by atoms with Crippen LogP contribution in [0.3, 0.4) is 0 Å². The summed E-state index contributed by atoms with van der Waals surface area (Å²) in [6.45, 7) is 8.21. The fourth-order valence-corrected chi connectivity index (χ4v) is 5.00. The van der Waals surface area contributed by atoms with E-state index in [1.165, 1.54) is 12.0 Å². The van der Waals surface area contributed by atoms with Gasteiger partial charge in [-0.1, -0.05) is 18.2 Å². The van der Waals surface area contributed by atoms with Crippen molar-refractivity contribution in [2.45, 2.75) is 51.7 Å². The maximum absolute atomic E-state index is 9.11. The molecule has 2 fully saturated rings. The summed E-state index contributed by atoms with van der Waals surface area (Å²) in [6, 6.07) is 11.7. The van der Waals surface area contributed by atoms with Crippen LogP contribution in [0.25, 0.3) is 10.8 Å². The molecule has 2 N–H and O–H groups in total. The Morgan fingerprint density at radius 3 is 2.90 bits per heavy atom. The molecule has 0 radical (unpaired) electrons. The second-order valence-corrected chi connectivity index (χ2v) is 8.70. The molecule has 1 aromatic carbocycles. The van der Waals surface area contributed by atoms with E-state index in [1.54, 1.807) is 0 Å². The minimum Gasteiger partial charge on any atom is -0.362 e. The highest BCUT2D eigenvalue weighted by Crippen LogP contribution is 2.33. The van der Waals surface area contributed by atoms with Crippen LogP contribution in [0.2, 0.25) is 0 Å². The summed E-state index contributed by atoms with van der Waals surface area (Å²) >= 11 is 0. The van der Waals surface area contributed by atoms with E-state index in [0.717, 1.165) is 52.3 Å². The van der Waals surface area contributed by atoms with Crippen molar-refractivity contribution >= 4 is 22.4 Å². The Kier molecular flexibility index (Phi) is 4.95. The number of nitrogens with zero attached hydrogens (tertiary/aromatic N) is 5. The van der Waals surface area contributed by atoms with Gasteiger partial charge < -0.3 is 15.5 Å². The van der Waals surface area contributed by atoms with Gasteiger partial charge in [0.25, 0.3) is 0 Å². The van der Waals surface area contributed by atoms with Gasteiger partial charge in [0.15, 0.2) is 5.82 Å². The van der Waals surface area contributed by atoms with Crippen LogP contribution in [-0.4, -0.2) is 40.4 Å². The summed E-state index contributed by atoms with van der Waals surface area (Å²) < 4.78 is 0. The smallest absolute Gasteiger partial charge is 0.157 e. The minimum absolute atomic E-state index is 0.0301. The van der Waals surface area contributed by atoms with Crippen LogP contribution in [0.15, 0.2) is 30.5 Å². The quantitative estimate of drug-likeness (QED) is 0.662. The zero-order chi connectivity index (χ0) is 21.5. The van der Waals surface area contributed by atoms with Crippen LogP contribution in [0.5, 0.6) is 0 Å². The number of rotatable bonds is 5. The standard InChI is InChI=1S/C24H27N7/c1-14-17(7-8-25)5-4-6-20(14)15(2)28-24-21-10-23(27-12-22(21)16(3)29-30-24)31-13-18-9-19(31)11-26-18/h4-6,10,12,15,18-19,26H,7,9,11,13H2,1-3H3,(H,28,30)/t15-,18?,19?/m1/s1. The van der Waals surface area contributed by atoms with Crippen LogP contribution < -0.4 is 15.5 Å². The number of piperazine rings is 1. The lowest BCUT2D eigenvalue weighted by molar-refractivity contribution is 0.576. The third-order valence-electron chi connectivity index (χ3n) is 6.76. The molecule has 3 aromatic rings. The minimum atomic E-state index is 0.0301. The molecule has 0 saturated carbocycles. The second kappa shape index (κ2) is 7.78. The molecule has 5 rings (SSSR count). The average molecular weight is 414 g/mol. The Balaban J connectivity index is 1.50. The fraction of sp³-hybridized carbons (Fsp3) is 0.417. The van der Waals surface area contributed by atoms with Crippen LogP contribution >= 0.6 is 0 Å². The number of aryl methyl sites for hydroxylation is 1. The van der Waals surface area contributed by atoms with Gasteiger partial charge in [-0.05, 0) is 49.9 Å². The van der Waals surface area contributed by atoms with Crippen molar-refractivity contribution in [3.8, 4) is 6.07 Å². The third kappa shape index (κ3) is 3.47. The number of nitriles is 1. The van der Waals surface area contributed by atoms with Crippen molar-refractivity contribution in [3.63, 3.8) is 0 Å². The van der Waals surface area contributed by atoms with Crippen LogP contribution in [0, 0.1) is 25.2 Å². The summed E-state index contributed by atoms with van der Waals surface area (Å²) in [5.41, 5.74) is 4.26. The number of anilines is 2. The second-order valence-electron chi connectivity index (χ2n) is 8.70. The summed E-state index contributed by atoms with van der Waals surface area (Å²) in [6.07, 6.45) is 3.54. The number of nitrogens with one attached hydrogen (secondary N) is 2. The van der Waals surface area contributed by atoms with E-state index >= 15 is 0 Å². The van der Waals surface area contributed by atoms with Crippen LogP contribution in [-0.2, 0) is 6.42 Å². The maximum atomic E-state index is 9.11. The van der Waals surface area contributed by atoms with E-state index in [2.05, 4.69) is 57.8 Å². The van der Waals surface area contributed by atoms with Crippen molar-refractivity contribution < 1.29 is 0 Å². The number of hydrogen-bond donors (Lipinski definition) is 2. The van der Waals surface area contributed by atoms with Gasteiger partial charge in [0.2, 0.25) is 0 Å². The molecule has 7 heteroatoms. The molecular weight excluding hydrogens is 386 g/mol. The first-order valence-electron chi connectivity index (χ1n) is 10.9. The highest BCUT2D eigenvalue weighted by atomic mass is 15.3. The predicted octanol–water partition coefficient (Wildman–Crippen LogP) is 3.43. The first-order valence-corrected chi connectivity index (χ1v) is 10.9. The maximum Gasteiger partial charge on any atom is 0.157 e. The van der Waals surface area contributed by atoms with Gasteiger partial charge in [0, 0.05) is 42.1 Å². The third-order valence-corrected chi connectivity index (χ3v) is 6.76. The monoisotopic (exact) mass is 413 g/mol. The Labute approximate surface area is 182 Å². The van der Waals surface area contributed by atoms with E-state index in [9.17, 15) is 0 Å². The van der Waals surface area contributed by atoms with E-state index in [0.29, 0.717) is 18.5 Å². The molecular formula is C24H27N7. The van der Waals surface area contributed by atoms with E-state index < -0.39 is 0 Å². The number of fused-ring (bicyclic) bond motifs is 3. The van der Waals surface area contributed by atoms with Gasteiger partial charge in [-0.2, -0.15) is 10.4 Å². The summed E-state index contributed by atoms with van der Waals surface area (Å²) in [5, 5.41) is 27.2. The molecule has 4 heterocycles. The van der Waals surface area contributed by atoms with Gasteiger partial charge in [-0.15, -0.1) is 5.10 Å². The van der Waals surface area contributed by atoms with Crippen LogP contribution in [0.4, 0.5) is 11.6 Å². The molecule has 0 amide bonds. The Morgan fingerprint density at radius 1 is 1.29 bits per heavy atom. The Bertz CT molecular complexity index is 1180. The zero-order valence-corrected chi connectivity index (χ0v) is 18.2. The lowest BCUT2D eigenvalue weighted by atomic mass is 9.96. The SMILES string of the molecule is Cc1c(CC#N)cccc1[C@@H](C)Nc1nnc(C)c2cnc(N3CC4CC3CN4)cc12. The Morgan fingerprint density at radius 2 is 2.16 bits per heavy atom. The largest absolute Gasteiger partial charge is 0.362 e. The fourth-order valence-electron chi connectivity index (χ4n) is 5.00. The summed E-state index contributed by atoms with van der Waals surface area (Å²) in [7, 11) is 0. The Hall–Kier alpha value is -3.24. The molecule has 2 saturated heterocycles. The lowest BCUT2D eigenvalue weighted by Gasteiger charge is -2.28. The first kappa shape index (κ1) is 19.7. The van der Waals surface area contributed by atoms with Crippen molar-refractivity contribution in [2.75, 3.05) is 23.3 Å². The van der Waals surface area contributed by atoms with Crippen LogP contribution in [0.1, 0.15) is 41.8 Å². The van der Waals surface area contributed by atoms with E-state index in [4.69, 9.17) is 10.2 Å². The van der Waals surface area contributed by atoms with Crippen molar-refractivity contribution in [2.24, 2.45) is 0 Å². The summed E-state index contributed by atoms with van der Waals surface area (Å²) in [4.78, 5) is 7.18. The number of benzene rings is 1. The number of hydrogen-bond acceptors (Lipinski definition) is 7. The molecule has 2 aromatic heterocycles. The van der Waals surface area contributed by atoms with Crippen molar-refractivity contribution in [3.05, 3.63) is 52.8 Å². The molecule has 2 unspecified atom stereocenters. The highest BCUT2D eigenvalue weighted by Gasteiger charge is 2.38. The molecule has 3 atom stereocenters. The molecule has 2 bridgehead atoms. The molecule has 7 nitrogen and oxygen atoms in total. The zero-order valence-electron chi connectivity index (χ0n) is 18.2. The predicted molar refractivity (Wildman–Crippen MR) is 122 cm³/mol. The average Bonchev–Trinajstić information content (AvgIpc) is 3.41. The number of aromatic nitrogens is 3. The topological polar surface area (TPSA) is 89.8 Å². The molecule has 2 aliphatic heterocycles. The molecule has 158 valence electrons. The molecule has 0 aliphatic carbocycles. The highest BCUT2D eigenvalue weighted by molar-refractivity contribution is 5.94. The van der Waals surface area contributed by atoms with Gasteiger partial charge >= 0.3 is 0 Å².